The number of imidazole rings is 1. The fraction of sp³-hybridized carbons (Fsp3) is 0.556. The molecule has 2 heterocycles. The van der Waals surface area contributed by atoms with E-state index in [9.17, 15) is 4.79 Å². The zero-order chi connectivity index (χ0) is 16.4. The molecule has 124 valence electrons. The van der Waals surface area contributed by atoms with Crippen LogP contribution in [0.2, 0.25) is 0 Å². The van der Waals surface area contributed by atoms with E-state index in [1.807, 2.05) is 23.1 Å². The monoisotopic (exact) mass is 314 g/mol. The Morgan fingerprint density at radius 1 is 1.22 bits per heavy atom. The lowest BCUT2D eigenvalue weighted by Gasteiger charge is -2.28. The number of aromatic nitrogens is 2. The topological polar surface area (TPSA) is 50.2 Å². The molecule has 1 aliphatic heterocycles. The van der Waals surface area contributed by atoms with E-state index < -0.39 is 0 Å². The minimum Gasteiger partial charge on any atom is -0.340 e. The zero-order valence-electron chi connectivity index (χ0n) is 14.3. The Morgan fingerprint density at radius 2 is 1.91 bits per heavy atom. The number of para-hydroxylation sites is 2. The molecule has 5 heteroatoms. The largest absolute Gasteiger partial charge is 0.340 e. The molecule has 3 rings (SSSR count). The van der Waals surface area contributed by atoms with Crippen LogP contribution in [-0.2, 0) is 16.8 Å². The van der Waals surface area contributed by atoms with Crippen molar-refractivity contribution < 1.29 is 4.79 Å². The number of aryl methyl sites for hydroxylation is 1. The van der Waals surface area contributed by atoms with E-state index in [0.29, 0.717) is 13.0 Å². The van der Waals surface area contributed by atoms with Gasteiger partial charge in [0.15, 0.2) is 0 Å². The van der Waals surface area contributed by atoms with Crippen molar-refractivity contribution in [3.05, 3.63) is 30.1 Å². The van der Waals surface area contributed by atoms with Gasteiger partial charge in [-0.05, 0) is 12.1 Å². The maximum absolute atomic E-state index is 12.5. The minimum atomic E-state index is -0.0445. The molecule has 0 radical (unpaired) electrons. The van der Waals surface area contributed by atoms with Gasteiger partial charge in [0.1, 0.15) is 5.82 Å². The van der Waals surface area contributed by atoms with Gasteiger partial charge in [0.05, 0.1) is 11.0 Å². The molecule has 2 aromatic rings. The summed E-state index contributed by atoms with van der Waals surface area (Å²) in [5.74, 6) is 1.29. The summed E-state index contributed by atoms with van der Waals surface area (Å²) >= 11 is 0. The van der Waals surface area contributed by atoms with Gasteiger partial charge in [-0.15, -0.1) is 0 Å². The number of rotatable bonds is 3. The molecule has 0 saturated carbocycles. The maximum Gasteiger partial charge on any atom is 0.224 e. The summed E-state index contributed by atoms with van der Waals surface area (Å²) in [4.78, 5) is 19.2. The lowest BCUT2D eigenvalue weighted by Crippen LogP contribution is -2.46. The number of nitrogens with zero attached hydrogens (tertiary/aromatic N) is 3. The molecule has 1 aromatic carbocycles. The number of carbonyl (C=O) groups excluding carboxylic acids is 1. The van der Waals surface area contributed by atoms with Crippen molar-refractivity contribution in [2.45, 2.75) is 39.2 Å². The normalized spacial score (nSPS) is 16.0. The molecular weight excluding hydrogens is 288 g/mol. The fourth-order valence-electron chi connectivity index (χ4n) is 3.15. The summed E-state index contributed by atoms with van der Waals surface area (Å²) < 4.78 is 2.22. The number of amides is 1. The number of piperazine rings is 1. The average Bonchev–Trinajstić information content (AvgIpc) is 2.92. The van der Waals surface area contributed by atoms with Crippen molar-refractivity contribution >= 4 is 16.9 Å². The van der Waals surface area contributed by atoms with Crippen molar-refractivity contribution in [3.8, 4) is 0 Å². The van der Waals surface area contributed by atoms with Gasteiger partial charge in [0.2, 0.25) is 5.91 Å². The van der Waals surface area contributed by atoms with Gasteiger partial charge in [-0.25, -0.2) is 4.98 Å². The summed E-state index contributed by atoms with van der Waals surface area (Å²) in [6.45, 7) is 10.6. The van der Waals surface area contributed by atoms with Crippen LogP contribution in [0.4, 0.5) is 0 Å². The predicted molar refractivity (Wildman–Crippen MR) is 92.5 cm³/mol. The maximum atomic E-state index is 12.5. The Hall–Kier alpha value is -1.88. The Morgan fingerprint density at radius 3 is 2.61 bits per heavy atom. The van der Waals surface area contributed by atoms with Crippen LogP contribution in [-0.4, -0.2) is 46.5 Å². The number of hydrogen-bond acceptors (Lipinski definition) is 3. The second-order valence-electron chi connectivity index (χ2n) is 7.21. The van der Waals surface area contributed by atoms with E-state index in [-0.39, 0.29) is 11.3 Å². The molecule has 23 heavy (non-hydrogen) atoms. The van der Waals surface area contributed by atoms with E-state index in [0.717, 1.165) is 43.0 Å². The number of hydrogen-bond donors (Lipinski definition) is 1. The van der Waals surface area contributed by atoms with Crippen LogP contribution in [0, 0.1) is 0 Å². The van der Waals surface area contributed by atoms with Crippen LogP contribution < -0.4 is 5.32 Å². The standard InChI is InChI=1S/C18H26N4O/c1-18(2,3)17-20-14-6-4-5-7-15(14)22(17)11-8-16(23)21-12-9-19-10-13-21/h4-7,19H,8-13H2,1-3H3. The SMILES string of the molecule is CC(C)(C)c1nc2ccccc2n1CCC(=O)N1CCNCC1. The molecule has 0 aliphatic carbocycles. The second-order valence-corrected chi connectivity index (χ2v) is 7.21. The van der Waals surface area contributed by atoms with Gasteiger partial charge in [0.25, 0.3) is 0 Å². The van der Waals surface area contributed by atoms with Crippen molar-refractivity contribution in [3.63, 3.8) is 0 Å². The van der Waals surface area contributed by atoms with E-state index in [2.05, 4.69) is 36.7 Å². The molecule has 0 unspecified atom stereocenters. The molecule has 0 atom stereocenters. The summed E-state index contributed by atoms with van der Waals surface area (Å²) in [7, 11) is 0. The van der Waals surface area contributed by atoms with Crippen LogP contribution in [0.25, 0.3) is 11.0 Å². The van der Waals surface area contributed by atoms with Gasteiger partial charge < -0.3 is 14.8 Å². The van der Waals surface area contributed by atoms with Gasteiger partial charge in [-0.1, -0.05) is 32.9 Å². The van der Waals surface area contributed by atoms with Crippen molar-refractivity contribution in [2.75, 3.05) is 26.2 Å². The summed E-state index contributed by atoms with van der Waals surface area (Å²) in [6, 6.07) is 8.18. The van der Waals surface area contributed by atoms with Gasteiger partial charge in [0, 0.05) is 44.6 Å². The van der Waals surface area contributed by atoms with Crippen LogP contribution in [0.3, 0.4) is 0 Å². The van der Waals surface area contributed by atoms with Crippen molar-refractivity contribution in [1.29, 1.82) is 0 Å². The lowest BCUT2D eigenvalue weighted by atomic mass is 9.95. The molecule has 0 spiro atoms. The lowest BCUT2D eigenvalue weighted by molar-refractivity contribution is -0.132. The molecule has 5 nitrogen and oxygen atoms in total. The highest BCUT2D eigenvalue weighted by molar-refractivity contribution is 5.78. The van der Waals surface area contributed by atoms with Crippen LogP contribution in [0.5, 0.6) is 0 Å². The summed E-state index contributed by atoms with van der Waals surface area (Å²) in [5.41, 5.74) is 2.08. The third-order valence-electron chi connectivity index (χ3n) is 4.34. The highest BCUT2D eigenvalue weighted by atomic mass is 16.2. The van der Waals surface area contributed by atoms with Crippen LogP contribution in [0.15, 0.2) is 24.3 Å². The van der Waals surface area contributed by atoms with Crippen molar-refractivity contribution in [2.24, 2.45) is 0 Å². The molecular formula is C18H26N4O. The zero-order valence-corrected chi connectivity index (χ0v) is 14.3. The van der Waals surface area contributed by atoms with E-state index in [4.69, 9.17) is 4.98 Å². The summed E-state index contributed by atoms with van der Waals surface area (Å²) in [6.07, 6.45) is 0.531. The molecule has 1 amide bonds. The van der Waals surface area contributed by atoms with Gasteiger partial charge >= 0.3 is 0 Å². The number of benzene rings is 1. The van der Waals surface area contributed by atoms with Gasteiger partial charge in [-0.2, -0.15) is 0 Å². The first-order valence-corrected chi connectivity index (χ1v) is 8.41. The molecule has 1 fully saturated rings. The Balaban J connectivity index is 1.82. The molecule has 1 N–H and O–H groups in total. The number of carbonyl (C=O) groups is 1. The minimum absolute atomic E-state index is 0.0445. The highest BCUT2D eigenvalue weighted by Crippen LogP contribution is 2.26. The quantitative estimate of drug-likeness (QED) is 0.944. The first-order chi connectivity index (χ1) is 11.0. The number of fused-ring (bicyclic) bond motifs is 1. The molecule has 1 aromatic heterocycles. The molecule has 1 aliphatic rings. The Kier molecular flexibility index (Phi) is 4.39. The van der Waals surface area contributed by atoms with E-state index >= 15 is 0 Å². The molecule has 0 bridgehead atoms. The Bertz CT molecular complexity index is 693. The van der Waals surface area contributed by atoms with E-state index in [1.54, 1.807) is 0 Å². The average molecular weight is 314 g/mol. The Labute approximate surface area is 137 Å². The van der Waals surface area contributed by atoms with Gasteiger partial charge in [-0.3, -0.25) is 4.79 Å². The second kappa shape index (κ2) is 6.32. The first kappa shape index (κ1) is 16.0. The van der Waals surface area contributed by atoms with Crippen LogP contribution >= 0.6 is 0 Å². The van der Waals surface area contributed by atoms with Crippen LogP contribution in [0.1, 0.15) is 33.0 Å². The molecule has 1 saturated heterocycles. The summed E-state index contributed by atoms with van der Waals surface area (Å²) in [5, 5.41) is 3.28. The third-order valence-corrected chi connectivity index (χ3v) is 4.34. The predicted octanol–water partition coefficient (Wildman–Crippen LogP) is 2.16. The highest BCUT2D eigenvalue weighted by Gasteiger charge is 2.24. The first-order valence-electron chi connectivity index (χ1n) is 8.41. The number of nitrogens with one attached hydrogen (secondary N) is 1. The van der Waals surface area contributed by atoms with E-state index in [1.165, 1.54) is 0 Å². The van der Waals surface area contributed by atoms with Crippen molar-refractivity contribution in [1.82, 2.24) is 19.8 Å². The third kappa shape index (κ3) is 3.39. The fourth-order valence-corrected chi connectivity index (χ4v) is 3.15. The smallest absolute Gasteiger partial charge is 0.224 e.